The Morgan fingerprint density at radius 3 is 2.55 bits per heavy atom. The first-order chi connectivity index (χ1) is 10.2. The summed E-state index contributed by atoms with van der Waals surface area (Å²) in [5, 5.41) is 6.28. The van der Waals surface area contributed by atoms with Gasteiger partial charge < -0.3 is 15.6 Å². The molecule has 1 aromatic rings. The second kappa shape index (κ2) is 9.64. The van der Waals surface area contributed by atoms with Gasteiger partial charge in [-0.25, -0.2) is 0 Å². The fraction of sp³-hybridized carbons (Fsp3) is 0.625. The standard InChI is InChI=1S/C16H25N3O2.ClH/c1-12-10-15(20)14(11-19-12)16(21)18-9-8-17-13-6-4-2-3-5-7-13;/h10-11,13,17H,2-9H2,1H3,(H,18,21)(H,19,20);1H. The lowest BCUT2D eigenvalue weighted by Crippen LogP contribution is -2.38. The highest BCUT2D eigenvalue weighted by molar-refractivity contribution is 5.93. The van der Waals surface area contributed by atoms with Gasteiger partial charge in [0.25, 0.3) is 5.91 Å². The Hall–Kier alpha value is -1.33. The van der Waals surface area contributed by atoms with Gasteiger partial charge >= 0.3 is 0 Å². The monoisotopic (exact) mass is 327 g/mol. The van der Waals surface area contributed by atoms with Crippen LogP contribution in [0.4, 0.5) is 0 Å². The Bertz CT molecular complexity index is 522. The van der Waals surface area contributed by atoms with Crippen LogP contribution in [0.25, 0.3) is 0 Å². The van der Waals surface area contributed by atoms with Gasteiger partial charge in [-0.3, -0.25) is 9.59 Å². The van der Waals surface area contributed by atoms with Crippen LogP contribution in [0.15, 0.2) is 17.1 Å². The Kier molecular flexibility index (Phi) is 8.20. The van der Waals surface area contributed by atoms with E-state index >= 15 is 0 Å². The van der Waals surface area contributed by atoms with Crippen molar-refractivity contribution in [2.45, 2.75) is 51.5 Å². The molecule has 5 nitrogen and oxygen atoms in total. The lowest BCUT2D eigenvalue weighted by atomic mass is 10.1. The SMILES string of the molecule is Cc1cc(=O)c(C(=O)NCCNC2CCCCCC2)c[nH]1.Cl. The zero-order valence-corrected chi connectivity index (χ0v) is 13.9. The van der Waals surface area contributed by atoms with Gasteiger partial charge in [0.05, 0.1) is 0 Å². The predicted molar refractivity (Wildman–Crippen MR) is 90.9 cm³/mol. The van der Waals surface area contributed by atoms with Crippen molar-refractivity contribution in [2.75, 3.05) is 13.1 Å². The Morgan fingerprint density at radius 1 is 1.23 bits per heavy atom. The summed E-state index contributed by atoms with van der Waals surface area (Å²) in [5.41, 5.74) is 0.696. The molecule has 1 fully saturated rings. The third kappa shape index (κ3) is 5.81. The summed E-state index contributed by atoms with van der Waals surface area (Å²) in [5.74, 6) is -0.307. The van der Waals surface area contributed by atoms with Gasteiger partial charge in [0, 0.05) is 37.1 Å². The number of amides is 1. The predicted octanol–water partition coefficient (Wildman–Crippen LogP) is 2.15. The summed E-state index contributed by atoms with van der Waals surface area (Å²) < 4.78 is 0. The summed E-state index contributed by atoms with van der Waals surface area (Å²) in [6.45, 7) is 3.09. The van der Waals surface area contributed by atoms with E-state index in [1.165, 1.54) is 50.8 Å². The number of carbonyl (C=O) groups excluding carboxylic acids is 1. The normalized spacial score (nSPS) is 15.7. The minimum Gasteiger partial charge on any atom is -0.364 e. The van der Waals surface area contributed by atoms with Crippen molar-refractivity contribution >= 4 is 18.3 Å². The molecule has 124 valence electrons. The van der Waals surface area contributed by atoms with E-state index in [1.54, 1.807) is 6.92 Å². The van der Waals surface area contributed by atoms with Crippen LogP contribution in [0.5, 0.6) is 0 Å². The van der Waals surface area contributed by atoms with Crippen molar-refractivity contribution in [3.8, 4) is 0 Å². The second-order valence-electron chi connectivity index (χ2n) is 5.79. The molecule has 0 spiro atoms. The van der Waals surface area contributed by atoms with E-state index in [1.807, 2.05) is 0 Å². The molecule has 0 bridgehead atoms. The fourth-order valence-corrected chi connectivity index (χ4v) is 2.78. The van der Waals surface area contributed by atoms with Crippen molar-refractivity contribution in [1.82, 2.24) is 15.6 Å². The van der Waals surface area contributed by atoms with Gasteiger partial charge in [-0.15, -0.1) is 12.4 Å². The molecule has 0 atom stereocenters. The van der Waals surface area contributed by atoms with E-state index in [0.717, 1.165) is 12.2 Å². The summed E-state index contributed by atoms with van der Waals surface area (Å²) in [6.07, 6.45) is 9.20. The molecular weight excluding hydrogens is 302 g/mol. The number of halogens is 1. The number of hydrogen-bond donors (Lipinski definition) is 3. The number of aromatic nitrogens is 1. The van der Waals surface area contributed by atoms with Gasteiger partial charge in [-0.05, 0) is 19.8 Å². The minimum atomic E-state index is -0.307. The highest BCUT2D eigenvalue weighted by Crippen LogP contribution is 2.16. The van der Waals surface area contributed by atoms with Crippen molar-refractivity contribution in [2.24, 2.45) is 0 Å². The first-order valence-corrected chi connectivity index (χ1v) is 7.88. The summed E-state index contributed by atoms with van der Waals surface area (Å²) in [4.78, 5) is 26.5. The van der Waals surface area contributed by atoms with E-state index in [-0.39, 0.29) is 29.3 Å². The lowest BCUT2D eigenvalue weighted by Gasteiger charge is -2.16. The molecule has 1 aliphatic carbocycles. The third-order valence-electron chi connectivity index (χ3n) is 4.00. The maximum Gasteiger partial charge on any atom is 0.256 e. The smallest absolute Gasteiger partial charge is 0.256 e. The molecule has 6 heteroatoms. The number of hydrogen-bond acceptors (Lipinski definition) is 3. The van der Waals surface area contributed by atoms with Gasteiger partial charge in [0.1, 0.15) is 5.56 Å². The van der Waals surface area contributed by atoms with Gasteiger partial charge in [0.2, 0.25) is 0 Å². The van der Waals surface area contributed by atoms with Crippen LogP contribution >= 0.6 is 12.4 Å². The fourth-order valence-electron chi connectivity index (χ4n) is 2.78. The number of pyridine rings is 1. The molecule has 1 aliphatic rings. The number of H-pyrrole nitrogens is 1. The van der Waals surface area contributed by atoms with Crippen molar-refractivity contribution < 1.29 is 4.79 Å². The maximum absolute atomic E-state index is 11.9. The molecule has 1 amide bonds. The van der Waals surface area contributed by atoms with Crippen molar-refractivity contribution in [3.63, 3.8) is 0 Å². The average Bonchev–Trinajstić information content (AvgIpc) is 2.72. The van der Waals surface area contributed by atoms with Crippen LogP contribution in [0, 0.1) is 6.92 Å². The molecular formula is C16H26ClN3O2. The number of aromatic amines is 1. The molecule has 0 aromatic carbocycles. The zero-order chi connectivity index (χ0) is 15.1. The minimum absolute atomic E-state index is 0. The van der Waals surface area contributed by atoms with Crippen LogP contribution in [0.3, 0.4) is 0 Å². The lowest BCUT2D eigenvalue weighted by molar-refractivity contribution is 0.0952. The molecule has 0 saturated heterocycles. The number of carbonyl (C=O) groups is 1. The molecule has 3 N–H and O–H groups in total. The van der Waals surface area contributed by atoms with E-state index in [9.17, 15) is 9.59 Å². The molecule has 1 heterocycles. The first kappa shape index (κ1) is 18.7. The average molecular weight is 328 g/mol. The van der Waals surface area contributed by atoms with Crippen LogP contribution in [0.2, 0.25) is 0 Å². The van der Waals surface area contributed by atoms with E-state index < -0.39 is 0 Å². The highest BCUT2D eigenvalue weighted by atomic mass is 35.5. The highest BCUT2D eigenvalue weighted by Gasteiger charge is 2.12. The molecule has 0 radical (unpaired) electrons. The Balaban J connectivity index is 0.00000242. The molecule has 0 aliphatic heterocycles. The van der Waals surface area contributed by atoms with Crippen molar-refractivity contribution in [3.05, 3.63) is 33.7 Å². The first-order valence-electron chi connectivity index (χ1n) is 7.88. The van der Waals surface area contributed by atoms with Crippen molar-refractivity contribution in [1.29, 1.82) is 0 Å². The molecule has 22 heavy (non-hydrogen) atoms. The van der Waals surface area contributed by atoms with Crippen LogP contribution in [0.1, 0.15) is 54.6 Å². The Morgan fingerprint density at radius 2 is 1.91 bits per heavy atom. The topological polar surface area (TPSA) is 74.0 Å². The quantitative estimate of drug-likeness (QED) is 0.573. The van der Waals surface area contributed by atoms with Gasteiger partial charge in [-0.2, -0.15) is 0 Å². The largest absolute Gasteiger partial charge is 0.364 e. The molecule has 0 unspecified atom stereocenters. The summed E-state index contributed by atoms with van der Waals surface area (Å²) in [7, 11) is 0. The number of nitrogens with one attached hydrogen (secondary N) is 3. The van der Waals surface area contributed by atoms with Crippen LogP contribution < -0.4 is 16.1 Å². The molecule has 1 aromatic heterocycles. The number of rotatable bonds is 5. The van der Waals surface area contributed by atoms with Crippen LogP contribution in [-0.4, -0.2) is 30.0 Å². The van der Waals surface area contributed by atoms with E-state index in [4.69, 9.17) is 0 Å². The van der Waals surface area contributed by atoms with Gasteiger partial charge in [0.15, 0.2) is 5.43 Å². The van der Waals surface area contributed by atoms with Gasteiger partial charge in [-0.1, -0.05) is 25.7 Å². The molecule has 2 rings (SSSR count). The van der Waals surface area contributed by atoms with E-state index in [2.05, 4.69) is 15.6 Å². The Labute approximate surface area is 137 Å². The second-order valence-corrected chi connectivity index (χ2v) is 5.79. The molecule has 1 saturated carbocycles. The third-order valence-corrected chi connectivity index (χ3v) is 4.00. The summed E-state index contributed by atoms with van der Waals surface area (Å²) >= 11 is 0. The maximum atomic E-state index is 11.9. The van der Waals surface area contributed by atoms with E-state index in [0.29, 0.717) is 12.6 Å². The van der Waals surface area contributed by atoms with Crippen LogP contribution in [-0.2, 0) is 0 Å². The zero-order valence-electron chi connectivity index (χ0n) is 13.1. The number of aryl methyl sites for hydroxylation is 1. The summed E-state index contributed by atoms with van der Waals surface area (Å²) in [6, 6.07) is 2.02.